The molecule has 0 bridgehead atoms. The second kappa shape index (κ2) is 7.26. The van der Waals surface area contributed by atoms with E-state index in [-0.39, 0.29) is 12.6 Å². The first-order valence-electron chi connectivity index (χ1n) is 5.35. The molecule has 0 aliphatic carbocycles. The SMILES string of the molecule is C=CCC(CO)NC(=O)C#Cc1ccccc1. The summed E-state index contributed by atoms with van der Waals surface area (Å²) in [6.07, 6.45) is 2.17. The fourth-order valence-corrected chi connectivity index (χ4v) is 1.25. The van der Waals surface area contributed by atoms with Crippen LogP contribution < -0.4 is 5.32 Å². The Kier molecular flexibility index (Phi) is 5.56. The van der Waals surface area contributed by atoms with Crippen molar-refractivity contribution in [2.75, 3.05) is 6.61 Å². The van der Waals surface area contributed by atoms with Crippen LogP contribution in [0.5, 0.6) is 0 Å². The number of carbonyl (C=O) groups excluding carboxylic acids is 1. The van der Waals surface area contributed by atoms with E-state index in [1.807, 2.05) is 30.3 Å². The van der Waals surface area contributed by atoms with Crippen molar-refractivity contribution in [1.29, 1.82) is 0 Å². The molecular formula is C14H15NO2. The van der Waals surface area contributed by atoms with Crippen molar-refractivity contribution >= 4 is 5.91 Å². The summed E-state index contributed by atoms with van der Waals surface area (Å²) in [6.45, 7) is 3.43. The van der Waals surface area contributed by atoms with Crippen molar-refractivity contribution < 1.29 is 9.90 Å². The molecule has 1 amide bonds. The standard InChI is InChI=1S/C14H15NO2/c1-2-6-13(11-16)15-14(17)10-9-12-7-4-3-5-8-12/h2-5,7-8,13,16H,1,6,11H2,(H,15,17). The maximum atomic E-state index is 11.4. The van der Waals surface area contributed by atoms with Gasteiger partial charge in [0, 0.05) is 11.5 Å². The van der Waals surface area contributed by atoms with E-state index in [1.54, 1.807) is 6.08 Å². The van der Waals surface area contributed by atoms with Gasteiger partial charge in [-0.1, -0.05) is 30.2 Å². The Morgan fingerprint density at radius 1 is 1.47 bits per heavy atom. The lowest BCUT2D eigenvalue weighted by Crippen LogP contribution is -2.36. The molecule has 0 fully saturated rings. The molecule has 1 aromatic carbocycles. The van der Waals surface area contributed by atoms with E-state index in [2.05, 4.69) is 23.7 Å². The number of hydrogen-bond donors (Lipinski definition) is 2. The number of aliphatic hydroxyl groups is 1. The quantitative estimate of drug-likeness (QED) is 0.600. The van der Waals surface area contributed by atoms with Gasteiger partial charge in [-0.3, -0.25) is 4.79 Å². The first kappa shape index (κ1) is 13.0. The van der Waals surface area contributed by atoms with E-state index >= 15 is 0 Å². The number of nitrogens with one attached hydrogen (secondary N) is 1. The third-order valence-electron chi connectivity index (χ3n) is 2.10. The minimum absolute atomic E-state index is 0.120. The van der Waals surface area contributed by atoms with Gasteiger partial charge in [0.15, 0.2) is 0 Å². The fraction of sp³-hybridized carbons (Fsp3) is 0.214. The molecule has 17 heavy (non-hydrogen) atoms. The van der Waals surface area contributed by atoms with Gasteiger partial charge in [-0.2, -0.15) is 0 Å². The number of benzene rings is 1. The van der Waals surface area contributed by atoms with Crippen molar-refractivity contribution in [1.82, 2.24) is 5.32 Å². The molecule has 0 spiro atoms. The highest BCUT2D eigenvalue weighted by Gasteiger charge is 2.06. The topological polar surface area (TPSA) is 49.3 Å². The lowest BCUT2D eigenvalue weighted by atomic mass is 10.2. The number of aliphatic hydroxyl groups excluding tert-OH is 1. The summed E-state index contributed by atoms with van der Waals surface area (Å²) in [6, 6.07) is 8.94. The van der Waals surface area contributed by atoms with E-state index in [9.17, 15) is 4.79 Å². The van der Waals surface area contributed by atoms with E-state index in [4.69, 9.17) is 5.11 Å². The van der Waals surface area contributed by atoms with Crippen LogP contribution in [-0.4, -0.2) is 23.7 Å². The van der Waals surface area contributed by atoms with Crippen molar-refractivity contribution in [2.24, 2.45) is 0 Å². The monoisotopic (exact) mass is 229 g/mol. The smallest absolute Gasteiger partial charge is 0.296 e. The normalized spacial score (nSPS) is 10.9. The largest absolute Gasteiger partial charge is 0.394 e. The minimum Gasteiger partial charge on any atom is -0.394 e. The van der Waals surface area contributed by atoms with E-state index in [0.717, 1.165) is 5.56 Å². The molecule has 1 unspecified atom stereocenters. The Balaban J connectivity index is 2.55. The Bertz CT molecular complexity index is 429. The summed E-state index contributed by atoms with van der Waals surface area (Å²) in [7, 11) is 0. The molecule has 0 saturated heterocycles. The Morgan fingerprint density at radius 2 is 2.18 bits per heavy atom. The van der Waals surface area contributed by atoms with Crippen LogP contribution in [0.25, 0.3) is 0 Å². The van der Waals surface area contributed by atoms with E-state index < -0.39 is 5.91 Å². The van der Waals surface area contributed by atoms with Crippen LogP contribution >= 0.6 is 0 Å². The second-order valence-corrected chi connectivity index (χ2v) is 3.49. The van der Waals surface area contributed by atoms with Crippen molar-refractivity contribution in [3.05, 3.63) is 48.6 Å². The summed E-state index contributed by atoms with van der Waals surface area (Å²) in [5, 5.41) is 11.6. The van der Waals surface area contributed by atoms with E-state index in [0.29, 0.717) is 6.42 Å². The molecular weight excluding hydrogens is 214 g/mol. The predicted molar refractivity (Wildman–Crippen MR) is 67.2 cm³/mol. The van der Waals surface area contributed by atoms with Gasteiger partial charge in [-0.05, 0) is 18.6 Å². The van der Waals surface area contributed by atoms with Crippen LogP contribution in [0.1, 0.15) is 12.0 Å². The lowest BCUT2D eigenvalue weighted by Gasteiger charge is -2.11. The van der Waals surface area contributed by atoms with Crippen LogP contribution in [0.2, 0.25) is 0 Å². The Morgan fingerprint density at radius 3 is 2.76 bits per heavy atom. The van der Waals surface area contributed by atoms with Crippen LogP contribution in [0.15, 0.2) is 43.0 Å². The van der Waals surface area contributed by atoms with Crippen LogP contribution in [0, 0.1) is 11.8 Å². The molecule has 2 N–H and O–H groups in total. The maximum absolute atomic E-state index is 11.4. The average Bonchev–Trinajstić information content (AvgIpc) is 2.37. The molecule has 3 nitrogen and oxygen atoms in total. The third kappa shape index (κ3) is 5.01. The number of amides is 1. The summed E-state index contributed by atoms with van der Waals surface area (Å²) in [5.74, 6) is 4.83. The van der Waals surface area contributed by atoms with E-state index in [1.165, 1.54) is 0 Å². The molecule has 3 heteroatoms. The molecule has 0 aliphatic rings. The number of carbonyl (C=O) groups is 1. The first-order valence-corrected chi connectivity index (χ1v) is 5.35. The Hall–Kier alpha value is -2.05. The Labute approximate surface area is 101 Å². The minimum atomic E-state index is -0.394. The summed E-state index contributed by atoms with van der Waals surface area (Å²) >= 11 is 0. The molecule has 1 aromatic rings. The third-order valence-corrected chi connectivity index (χ3v) is 2.10. The molecule has 0 radical (unpaired) electrons. The zero-order valence-electron chi connectivity index (χ0n) is 9.52. The maximum Gasteiger partial charge on any atom is 0.296 e. The highest BCUT2D eigenvalue weighted by atomic mass is 16.3. The van der Waals surface area contributed by atoms with Gasteiger partial charge in [-0.15, -0.1) is 6.58 Å². The molecule has 0 aliphatic heterocycles. The molecule has 88 valence electrons. The lowest BCUT2D eigenvalue weighted by molar-refractivity contribution is -0.116. The van der Waals surface area contributed by atoms with Gasteiger partial charge >= 0.3 is 0 Å². The highest BCUT2D eigenvalue weighted by Crippen LogP contribution is 1.95. The van der Waals surface area contributed by atoms with Crippen molar-refractivity contribution in [3.63, 3.8) is 0 Å². The van der Waals surface area contributed by atoms with Gasteiger partial charge in [-0.25, -0.2) is 0 Å². The van der Waals surface area contributed by atoms with Crippen LogP contribution in [0.4, 0.5) is 0 Å². The van der Waals surface area contributed by atoms with Crippen LogP contribution in [0.3, 0.4) is 0 Å². The van der Waals surface area contributed by atoms with Crippen LogP contribution in [-0.2, 0) is 4.79 Å². The van der Waals surface area contributed by atoms with Crippen molar-refractivity contribution in [3.8, 4) is 11.8 Å². The molecule has 1 rings (SSSR count). The van der Waals surface area contributed by atoms with Gasteiger partial charge in [0.2, 0.25) is 0 Å². The molecule has 1 atom stereocenters. The number of hydrogen-bond acceptors (Lipinski definition) is 2. The second-order valence-electron chi connectivity index (χ2n) is 3.49. The average molecular weight is 229 g/mol. The fourth-order valence-electron chi connectivity index (χ4n) is 1.25. The first-order chi connectivity index (χ1) is 8.26. The molecule has 0 aromatic heterocycles. The molecule has 0 heterocycles. The zero-order valence-corrected chi connectivity index (χ0v) is 9.52. The predicted octanol–water partition coefficient (Wildman–Crippen LogP) is 1.09. The summed E-state index contributed by atoms with van der Waals surface area (Å²) < 4.78 is 0. The summed E-state index contributed by atoms with van der Waals surface area (Å²) in [4.78, 5) is 11.4. The zero-order chi connectivity index (χ0) is 12.5. The highest BCUT2D eigenvalue weighted by molar-refractivity contribution is 5.94. The summed E-state index contributed by atoms with van der Waals surface area (Å²) in [5.41, 5.74) is 0.784. The van der Waals surface area contributed by atoms with Gasteiger partial charge < -0.3 is 10.4 Å². The van der Waals surface area contributed by atoms with Gasteiger partial charge in [0.05, 0.1) is 12.6 Å². The van der Waals surface area contributed by atoms with Gasteiger partial charge in [0.1, 0.15) is 0 Å². The van der Waals surface area contributed by atoms with Gasteiger partial charge in [0.25, 0.3) is 5.91 Å². The molecule has 0 saturated carbocycles. The van der Waals surface area contributed by atoms with Crippen molar-refractivity contribution in [2.45, 2.75) is 12.5 Å². The number of rotatable bonds is 4.